The van der Waals surface area contributed by atoms with Gasteiger partial charge in [0.15, 0.2) is 5.84 Å². The highest BCUT2D eigenvalue weighted by Crippen LogP contribution is 2.48. The zero-order chi connectivity index (χ0) is 44.9. The van der Waals surface area contributed by atoms with Crippen molar-refractivity contribution in [3.05, 3.63) is 109 Å². The number of rotatable bonds is 12. The van der Waals surface area contributed by atoms with Crippen LogP contribution in [0.5, 0.6) is 0 Å². The van der Waals surface area contributed by atoms with Crippen molar-refractivity contribution in [3.63, 3.8) is 0 Å². The largest absolute Gasteiger partial charge is 0.591 e. The van der Waals surface area contributed by atoms with Gasteiger partial charge in [0.05, 0.1) is 62.5 Å². The number of nitrogens with zero attached hydrogens (tertiary/aromatic N) is 6. The molecule has 7 rings (SSSR count). The smallest absolute Gasteiger partial charge is 0.292 e. The number of benzene rings is 3. The van der Waals surface area contributed by atoms with E-state index in [1.54, 1.807) is 18.2 Å². The number of carbonyl (C=O) groups is 1. The number of aromatic nitrogens is 4. The molecule has 5 atom stereocenters. The SMILES string of the molecule is CNc1c(-n2c(C(Cc3cc(F)cc(F)c3)NC(=O)Cn3nc(C(F)F)c4c3C(F)(F)C(C)C4)nc3cc(N4CC(C)OC(C)C4)ccc3c2=O)ccc(Cl)c1C(N)=N[S+](C)[O-]. The first-order valence-corrected chi connectivity index (χ1v) is 21.3. The zero-order valence-corrected chi connectivity index (χ0v) is 35.6. The molecule has 3 aromatic carbocycles. The van der Waals surface area contributed by atoms with Gasteiger partial charge in [0, 0.05) is 49.8 Å². The predicted octanol–water partition coefficient (Wildman–Crippen LogP) is 6.49. The molecule has 1 amide bonds. The summed E-state index contributed by atoms with van der Waals surface area (Å²) in [6.45, 7) is 5.09. The van der Waals surface area contributed by atoms with Crippen LogP contribution in [0.25, 0.3) is 16.6 Å². The summed E-state index contributed by atoms with van der Waals surface area (Å²) in [5.41, 5.74) is 4.58. The first-order valence-electron chi connectivity index (χ1n) is 19.4. The molecular weight excluding hydrogens is 864 g/mol. The summed E-state index contributed by atoms with van der Waals surface area (Å²) in [5.74, 6) is -8.38. The van der Waals surface area contributed by atoms with E-state index in [9.17, 15) is 26.9 Å². The van der Waals surface area contributed by atoms with Gasteiger partial charge in [0.25, 0.3) is 17.9 Å². The minimum Gasteiger partial charge on any atom is -0.591 e. The molecule has 0 radical (unpaired) electrons. The van der Waals surface area contributed by atoms with Crippen molar-refractivity contribution >= 4 is 57.0 Å². The lowest BCUT2D eigenvalue weighted by Crippen LogP contribution is -2.45. The molecule has 4 N–H and O–H groups in total. The fourth-order valence-corrected chi connectivity index (χ4v) is 8.90. The fourth-order valence-electron chi connectivity index (χ4n) is 8.28. The second-order valence-electron chi connectivity index (χ2n) is 15.4. The normalized spacial score (nSPS) is 19.8. The van der Waals surface area contributed by atoms with Crippen molar-refractivity contribution in [2.75, 3.05) is 36.6 Å². The molecule has 0 saturated carbocycles. The Balaban J connectivity index is 1.45. The van der Waals surface area contributed by atoms with Crippen LogP contribution in [0.4, 0.5) is 37.7 Å². The van der Waals surface area contributed by atoms with Crippen molar-refractivity contribution in [1.29, 1.82) is 0 Å². The topological polar surface area (TPSA) is 168 Å². The average molecular weight is 906 g/mol. The van der Waals surface area contributed by atoms with Crippen molar-refractivity contribution in [1.82, 2.24) is 24.6 Å². The number of amidine groups is 1. The van der Waals surface area contributed by atoms with Gasteiger partial charge in [-0.1, -0.05) is 18.5 Å². The summed E-state index contributed by atoms with van der Waals surface area (Å²) in [5, 5.41) is 9.52. The Kier molecular flexibility index (Phi) is 12.6. The third-order valence-corrected chi connectivity index (χ3v) is 11.6. The van der Waals surface area contributed by atoms with Crippen LogP contribution in [0.3, 0.4) is 0 Å². The molecule has 2 aliphatic rings. The van der Waals surface area contributed by atoms with Gasteiger partial charge in [-0.3, -0.25) is 18.8 Å². The predicted molar refractivity (Wildman–Crippen MR) is 224 cm³/mol. The van der Waals surface area contributed by atoms with Crippen LogP contribution in [0.2, 0.25) is 5.02 Å². The van der Waals surface area contributed by atoms with Crippen LogP contribution in [-0.2, 0) is 46.2 Å². The number of halogens is 7. The summed E-state index contributed by atoms with van der Waals surface area (Å²) in [7, 11) is 1.49. The number of hydrogen-bond acceptors (Lipinski definition) is 9. The number of carbonyl (C=O) groups excluding carboxylic acids is 1. The number of ether oxygens (including phenoxy) is 1. The van der Waals surface area contributed by atoms with Gasteiger partial charge in [0.1, 0.15) is 41.6 Å². The molecule has 5 aromatic rings. The first-order chi connectivity index (χ1) is 29.3. The monoisotopic (exact) mass is 905 g/mol. The number of hydrogen-bond donors (Lipinski definition) is 3. The maximum atomic E-state index is 15.5. The number of anilines is 2. The van der Waals surface area contributed by atoms with Crippen molar-refractivity contribution in [2.24, 2.45) is 16.0 Å². The quantitative estimate of drug-likeness (QED) is 0.0549. The Labute approximate surface area is 359 Å². The summed E-state index contributed by atoms with van der Waals surface area (Å²) in [6, 6.07) is 9.00. The standard InChI is InChI=1S/C41H42ClF6N9O4S/c1-19-10-27-34(37(45)46)53-56(36(27)41(19,47)48)18-32(58)51-30(13-22-11-23(43)14-24(44)12-22)39-52-29-15-25(55-16-20(2)61-21(3)17-55)6-7-26(29)40(59)57(39)31-9-8-28(42)33(35(31)50-4)38(49)54-62(5)60/h6-9,11-12,14-15,19-21,30,37,50H,10,13,16-18H2,1-5H3,(H2,49,54)(H,51,58). The maximum Gasteiger partial charge on any atom is 0.292 e. The van der Waals surface area contributed by atoms with Crippen LogP contribution < -0.4 is 26.8 Å². The van der Waals surface area contributed by atoms with E-state index in [0.29, 0.717) is 29.5 Å². The van der Waals surface area contributed by atoms with Crippen molar-refractivity contribution in [3.8, 4) is 5.69 Å². The lowest BCUT2D eigenvalue weighted by molar-refractivity contribution is -0.123. The highest BCUT2D eigenvalue weighted by molar-refractivity contribution is 7.89. The second-order valence-corrected chi connectivity index (χ2v) is 16.9. The van der Waals surface area contributed by atoms with E-state index in [-0.39, 0.29) is 67.9 Å². The Morgan fingerprint density at radius 1 is 1.10 bits per heavy atom. The number of alkyl halides is 4. The van der Waals surface area contributed by atoms with Gasteiger partial charge >= 0.3 is 0 Å². The van der Waals surface area contributed by atoms with Crippen LogP contribution in [0.15, 0.2) is 57.7 Å². The Morgan fingerprint density at radius 2 is 1.77 bits per heavy atom. The summed E-state index contributed by atoms with van der Waals surface area (Å²) in [6.07, 6.45) is -3.02. The highest BCUT2D eigenvalue weighted by atomic mass is 35.5. The molecule has 330 valence electrons. The Hall–Kier alpha value is -5.31. The van der Waals surface area contributed by atoms with E-state index in [4.69, 9.17) is 27.1 Å². The molecule has 1 aliphatic heterocycles. The molecule has 1 aliphatic carbocycles. The van der Waals surface area contributed by atoms with Crippen molar-refractivity contribution in [2.45, 2.75) is 70.8 Å². The molecule has 0 bridgehead atoms. The number of fused-ring (bicyclic) bond motifs is 2. The average Bonchev–Trinajstić information content (AvgIpc) is 3.65. The lowest BCUT2D eigenvalue weighted by atomic mass is 10.0. The molecule has 1 saturated heterocycles. The van der Waals surface area contributed by atoms with E-state index >= 15 is 13.6 Å². The van der Waals surface area contributed by atoms with Crippen LogP contribution >= 0.6 is 11.6 Å². The lowest BCUT2D eigenvalue weighted by Gasteiger charge is -2.37. The molecule has 62 heavy (non-hydrogen) atoms. The fraction of sp³-hybridized carbons (Fsp3) is 0.390. The molecule has 21 heteroatoms. The van der Waals surface area contributed by atoms with Gasteiger partial charge in [-0.25, -0.2) is 22.5 Å². The molecule has 5 unspecified atom stereocenters. The zero-order valence-electron chi connectivity index (χ0n) is 34.0. The van der Waals surface area contributed by atoms with Gasteiger partial charge in [-0.15, -0.1) is 0 Å². The summed E-state index contributed by atoms with van der Waals surface area (Å²) >= 11 is 4.83. The van der Waals surface area contributed by atoms with Gasteiger partial charge < -0.3 is 30.6 Å². The van der Waals surface area contributed by atoms with E-state index in [1.807, 2.05) is 13.8 Å². The van der Waals surface area contributed by atoms with E-state index in [1.165, 1.54) is 32.4 Å². The summed E-state index contributed by atoms with van der Waals surface area (Å²) < 4.78 is 112. The third kappa shape index (κ3) is 8.69. The number of nitrogens with one attached hydrogen (secondary N) is 2. The van der Waals surface area contributed by atoms with Crippen LogP contribution in [-0.4, -0.2) is 74.2 Å². The molecule has 3 heterocycles. The minimum atomic E-state index is -3.60. The second kappa shape index (κ2) is 17.5. The van der Waals surface area contributed by atoms with Gasteiger partial charge in [-0.05, 0) is 72.7 Å². The maximum absolute atomic E-state index is 15.5. The van der Waals surface area contributed by atoms with Crippen molar-refractivity contribution < 1.29 is 40.4 Å². The number of morpholine rings is 1. The number of nitrogens with two attached hydrogens (primary N) is 1. The Bertz CT molecular complexity index is 2610. The van der Waals surface area contributed by atoms with E-state index in [0.717, 1.165) is 16.7 Å². The third-order valence-electron chi connectivity index (χ3n) is 10.8. The van der Waals surface area contributed by atoms with E-state index in [2.05, 4.69) is 25.0 Å². The van der Waals surface area contributed by atoms with Crippen LogP contribution in [0.1, 0.15) is 67.1 Å². The first kappa shape index (κ1) is 44.7. The molecule has 0 spiro atoms. The van der Waals surface area contributed by atoms with Crippen LogP contribution in [0, 0.1) is 17.6 Å². The van der Waals surface area contributed by atoms with Gasteiger partial charge in [0.2, 0.25) is 5.91 Å². The Morgan fingerprint density at radius 3 is 2.40 bits per heavy atom. The summed E-state index contributed by atoms with van der Waals surface area (Å²) in [4.78, 5) is 36.1. The molecule has 2 aromatic heterocycles. The molecular formula is C41H42ClF6N9O4S. The molecule has 13 nitrogen and oxygen atoms in total. The molecule has 1 fully saturated rings. The highest BCUT2D eigenvalue weighted by Gasteiger charge is 2.51. The minimum absolute atomic E-state index is 0.00787. The number of amides is 1. The van der Waals surface area contributed by atoms with E-state index < -0.39 is 89.5 Å². The van der Waals surface area contributed by atoms with Gasteiger partial charge in [-0.2, -0.15) is 13.9 Å².